The van der Waals surface area contributed by atoms with Crippen molar-refractivity contribution in [2.45, 2.75) is 0 Å². The molecule has 0 aliphatic rings. The predicted molar refractivity (Wildman–Crippen MR) is 263 cm³/mol. The number of benzene rings is 10. The highest BCUT2D eigenvalue weighted by Gasteiger charge is 2.16. The van der Waals surface area contributed by atoms with Gasteiger partial charge in [-0.3, -0.25) is 0 Å². The number of furan rings is 2. The summed E-state index contributed by atoms with van der Waals surface area (Å²) in [6, 6.07) is 84.3. The molecule has 63 heavy (non-hydrogen) atoms. The van der Waals surface area contributed by atoms with Gasteiger partial charge in [-0.1, -0.05) is 146 Å². The molecular formula is C60H39NO2. The zero-order valence-corrected chi connectivity index (χ0v) is 34.3. The number of para-hydroxylation sites is 3. The average Bonchev–Trinajstić information content (AvgIpc) is 3.93. The fraction of sp³-hybridized carbons (Fsp3) is 0. The van der Waals surface area contributed by atoms with E-state index in [1.165, 1.54) is 11.1 Å². The number of anilines is 3. The smallest absolute Gasteiger partial charge is 0.135 e. The lowest BCUT2D eigenvalue weighted by Gasteiger charge is -2.26. The van der Waals surface area contributed by atoms with Gasteiger partial charge < -0.3 is 13.7 Å². The van der Waals surface area contributed by atoms with E-state index in [9.17, 15) is 0 Å². The first-order valence-electron chi connectivity index (χ1n) is 21.4. The van der Waals surface area contributed by atoms with Crippen molar-refractivity contribution < 1.29 is 8.83 Å². The van der Waals surface area contributed by atoms with Gasteiger partial charge in [0.2, 0.25) is 0 Å². The van der Waals surface area contributed by atoms with E-state index in [1.54, 1.807) is 0 Å². The van der Waals surface area contributed by atoms with Crippen LogP contribution in [0.4, 0.5) is 17.1 Å². The van der Waals surface area contributed by atoms with Gasteiger partial charge >= 0.3 is 0 Å². The molecule has 0 spiro atoms. The van der Waals surface area contributed by atoms with Crippen molar-refractivity contribution >= 4 is 60.9 Å². The van der Waals surface area contributed by atoms with Crippen LogP contribution in [-0.4, -0.2) is 0 Å². The summed E-state index contributed by atoms with van der Waals surface area (Å²) in [7, 11) is 0. The van der Waals surface area contributed by atoms with E-state index >= 15 is 0 Å². The van der Waals surface area contributed by atoms with Crippen molar-refractivity contribution in [3.63, 3.8) is 0 Å². The number of hydrogen-bond acceptors (Lipinski definition) is 3. The fourth-order valence-corrected chi connectivity index (χ4v) is 9.05. The Morgan fingerprint density at radius 2 is 0.524 bits per heavy atom. The third-order valence-corrected chi connectivity index (χ3v) is 12.3. The second-order valence-corrected chi connectivity index (χ2v) is 16.1. The number of hydrogen-bond donors (Lipinski definition) is 0. The van der Waals surface area contributed by atoms with Gasteiger partial charge in [0, 0.05) is 38.6 Å². The van der Waals surface area contributed by atoms with E-state index < -0.39 is 0 Å². The summed E-state index contributed by atoms with van der Waals surface area (Å²) >= 11 is 0. The molecule has 0 N–H and O–H groups in total. The second-order valence-electron chi connectivity index (χ2n) is 16.1. The van der Waals surface area contributed by atoms with E-state index in [2.05, 4.69) is 217 Å². The van der Waals surface area contributed by atoms with Crippen molar-refractivity contribution in [3.8, 4) is 55.6 Å². The largest absolute Gasteiger partial charge is 0.456 e. The van der Waals surface area contributed by atoms with Gasteiger partial charge in [0.15, 0.2) is 0 Å². The van der Waals surface area contributed by atoms with Gasteiger partial charge in [-0.05, 0) is 147 Å². The molecule has 2 aromatic heterocycles. The summed E-state index contributed by atoms with van der Waals surface area (Å²) in [5.41, 5.74) is 18.5. The van der Waals surface area contributed by atoms with Crippen molar-refractivity contribution in [2.24, 2.45) is 0 Å². The highest BCUT2D eigenvalue weighted by atomic mass is 16.3. The lowest BCUT2D eigenvalue weighted by molar-refractivity contribution is 0.668. The minimum Gasteiger partial charge on any atom is -0.456 e. The first-order chi connectivity index (χ1) is 31.2. The molecule has 0 unspecified atom stereocenters. The van der Waals surface area contributed by atoms with E-state index in [1.807, 2.05) is 24.3 Å². The molecule has 0 bridgehead atoms. The molecule has 3 nitrogen and oxygen atoms in total. The molecule has 2 heterocycles. The van der Waals surface area contributed by atoms with E-state index in [4.69, 9.17) is 8.83 Å². The van der Waals surface area contributed by atoms with Crippen LogP contribution in [0.25, 0.3) is 99.5 Å². The average molecular weight is 806 g/mol. The monoisotopic (exact) mass is 805 g/mol. The molecule has 10 aromatic carbocycles. The third kappa shape index (κ3) is 6.73. The minimum absolute atomic E-state index is 0.891. The van der Waals surface area contributed by atoms with Crippen LogP contribution in [0.15, 0.2) is 245 Å². The Hall–Kier alpha value is -8.40. The van der Waals surface area contributed by atoms with Crippen molar-refractivity contribution in [2.75, 3.05) is 4.90 Å². The summed E-state index contributed by atoms with van der Waals surface area (Å²) < 4.78 is 12.4. The lowest BCUT2D eigenvalue weighted by atomic mass is 9.91. The van der Waals surface area contributed by atoms with Gasteiger partial charge in [-0.15, -0.1) is 0 Å². The first kappa shape index (κ1) is 36.5. The van der Waals surface area contributed by atoms with Crippen LogP contribution in [0.3, 0.4) is 0 Å². The quantitative estimate of drug-likeness (QED) is 0.153. The topological polar surface area (TPSA) is 29.5 Å². The normalized spacial score (nSPS) is 11.5. The zero-order chi connectivity index (χ0) is 41.7. The van der Waals surface area contributed by atoms with Gasteiger partial charge in [0.25, 0.3) is 0 Å². The summed E-state index contributed by atoms with van der Waals surface area (Å²) in [4.78, 5) is 2.31. The van der Waals surface area contributed by atoms with Gasteiger partial charge in [0.05, 0.1) is 0 Å². The second kappa shape index (κ2) is 15.3. The van der Waals surface area contributed by atoms with E-state index in [0.717, 1.165) is 105 Å². The van der Waals surface area contributed by atoms with Crippen LogP contribution in [0.2, 0.25) is 0 Å². The molecular weight excluding hydrogens is 767 g/mol. The van der Waals surface area contributed by atoms with Crippen LogP contribution in [-0.2, 0) is 0 Å². The van der Waals surface area contributed by atoms with Crippen molar-refractivity contribution in [1.82, 2.24) is 0 Å². The third-order valence-electron chi connectivity index (χ3n) is 12.3. The Labute approximate surface area is 365 Å². The van der Waals surface area contributed by atoms with Crippen LogP contribution in [0.5, 0.6) is 0 Å². The van der Waals surface area contributed by atoms with Gasteiger partial charge in [0.1, 0.15) is 22.3 Å². The Kier molecular flexibility index (Phi) is 8.83. The summed E-state index contributed by atoms with van der Waals surface area (Å²) in [5.74, 6) is 0. The molecule has 0 atom stereocenters. The van der Waals surface area contributed by atoms with Crippen molar-refractivity contribution in [1.29, 1.82) is 0 Å². The molecule has 0 amide bonds. The SMILES string of the molecule is c1ccc(-c2ccc(N(c3ccccc3)c3ccc(-c4ccc(-c5cc(-c6ccc7oc8ccccc8c7c6)cc(-c6ccc7oc8ccccc8c7c6)c5)cc4)cc3)cc2)cc1. The molecule has 3 heteroatoms. The number of nitrogens with zero attached hydrogens (tertiary/aromatic N) is 1. The minimum atomic E-state index is 0.891. The molecule has 296 valence electrons. The van der Waals surface area contributed by atoms with Gasteiger partial charge in [-0.2, -0.15) is 0 Å². The molecule has 12 rings (SSSR count). The lowest BCUT2D eigenvalue weighted by Crippen LogP contribution is -2.09. The maximum absolute atomic E-state index is 6.21. The Morgan fingerprint density at radius 1 is 0.206 bits per heavy atom. The standard InChI is InChI=1S/C60H39NO2/c1-3-11-40(12-4-1)42-23-29-51(30-24-42)61(50-13-5-2-6-14-50)52-31-25-43(26-32-52)41-19-21-44(22-20-41)47-35-48(45-27-33-59-55(38-45)53-15-7-9-17-57(53)62-59)37-49(36-47)46-28-34-60-56(39-46)54-16-8-10-18-58(54)63-60/h1-39H. The molecule has 0 saturated carbocycles. The number of fused-ring (bicyclic) bond motifs is 6. The summed E-state index contributed by atoms with van der Waals surface area (Å²) in [6.07, 6.45) is 0. The summed E-state index contributed by atoms with van der Waals surface area (Å²) in [5, 5.41) is 4.47. The molecule has 0 aliphatic carbocycles. The summed E-state index contributed by atoms with van der Waals surface area (Å²) in [6.45, 7) is 0. The number of rotatable bonds is 8. The first-order valence-corrected chi connectivity index (χ1v) is 21.4. The highest BCUT2D eigenvalue weighted by molar-refractivity contribution is 6.08. The van der Waals surface area contributed by atoms with Crippen LogP contribution in [0, 0.1) is 0 Å². The highest BCUT2D eigenvalue weighted by Crippen LogP contribution is 2.40. The van der Waals surface area contributed by atoms with Crippen LogP contribution >= 0.6 is 0 Å². The maximum atomic E-state index is 6.21. The maximum Gasteiger partial charge on any atom is 0.135 e. The predicted octanol–water partition coefficient (Wildman–Crippen LogP) is 17.3. The Bertz CT molecular complexity index is 3450. The zero-order valence-electron chi connectivity index (χ0n) is 34.3. The Morgan fingerprint density at radius 3 is 1.00 bits per heavy atom. The molecule has 0 saturated heterocycles. The molecule has 0 aliphatic heterocycles. The van der Waals surface area contributed by atoms with Crippen molar-refractivity contribution in [3.05, 3.63) is 237 Å². The van der Waals surface area contributed by atoms with E-state index in [0.29, 0.717) is 0 Å². The van der Waals surface area contributed by atoms with Gasteiger partial charge in [-0.25, -0.2) is 0 Å². The molecule has 0 fully saturated rings. The van der Waals surface area contributed by atoms with Crippen LogP contribution in [0.1, 0.15) is 0 Å². The fourth-order valence-electron chi connectivity index (χ4n) is 9.05. The van der Waals surface area contributed by atoms with Crippen LogP contribution < -0.4 is 4.90 Å². The molecule has 0 radical (unpaired) electrons. The molecule has 12 aromatic rings. The van der Waals surface area contributed by atoms with E-state index in [-0.39, 0.29) is 0 Å². The Balaban J connectivity index is 0.901.